The molecule has 0 aromatic carbocycles. The van der Waals surface area contributed by atoms with Gasteiger partial charge in [0.05, 0.1) is 6.17 Å². The summed E-state index contributed by atoms with van der Waals surface area (Å²) in [6, 6.07) is 0. The van der Waals surface area contributed by atoms with Crippen LogP contribution in [-0.2, 0) is 0 Å². The SMILES string of the molecule is CC(C)(C)C(C(N)N)C(C(C)(C)C)C(C)(C)C. The molecule has 104 valence electrons. The van der Waals surface area contributed by atoms with Crippen LogP contribution >= 0.6 is 0 Å². The Hall–Kier alpha value is -0.0800. The molecule has 4 N–H and O–H groups in total. The van der Waals surface area contributed by atoms with E-state index in [1.807, 2.05) is 0 Å². The second-order valence-electron chi connectivity index (χ2n) is 8.68. The lowest BCUT2D eigenvalue weighted by molar-refractivity contribution is -0.0219. The zero-order valence-corrected chi connectivity index (χ0v) is 13.4. The largest absolute Gasteiger partial charge is 0.316 e. The zero-order chi connectivity index (χ0) is 14.2. The molecule has 2 nitrogen and oxygen atoms in total. The molecule has 0 radical (unpaired) electrons. The van der Waals surface area contributed by atoms with Crippen molar-refractivity contribution in [2.24, 2.45) is 39.5 Å². The quantitative estimate of drug-likeness (QED) is 0.727. The van der Waals surface area contributed by atoms with E-state index in [0.29, 0.717) is 11.8 Å². The molecule has 0 fully saturated rings. The van der Waals surface area contributed by atoms with Gasteiger partial charge in [-0.1, -0.05) is 62.3 Å². The van der Waals surface area contributed by atoms with E-state index in [9.17, 15) is 0 Å². The number of hydrogen-bond acceptors (Lipinski definition) is 2. The monoisotopic (exact) mass is 242 g/mol. The first-order valence-corrected chi connectivity index (χ1v) is 6.70. The average Bonchev–Trinajstić information content (AvgIpc) is 1.91. The molecule has 0 saturated carbocycles. The zero-order valence-electron chi connectivity index (χ0n) is 13.4. The summed E-state index contributed by atoms with van der Waals surface area (Å²) < 4.78 is 0. The topological polar surface area (TPSA) is 52.0 Å². The van der Waals surface area contributed by atoms with Crippen molar-refractivity contribution < 1.29 is 0 Å². The van der Waals surface area contributed by atoms with Crippen molar-refractivity contribution in [3.8, 4) is 0 Å². The van der Waals surface area contributed by atoms with Gasteiger partial charge in [-0.15, -0.1) is 0 Å². The van der Waals surface area contributed by atoms with Gasteiger partial charge in [-0.3, -0.25) is 0 Å². The molecule has 0 bridgehead atoms. The van der Waals surface area contributed by atoms with Gasteiger partial charge < -0.3 is 11.5 Å². The van der Waals surface area contributed by atoms with E-state index in [1.54, 1.807) is 0 Å². The Morgan fingerprint density at radius 1 is 0.588 bits per heavy atom. The summed E-state index contributed by atoms with van der Waals surface area (Å²) in [5.74, 6) is 0.789. The first-order valence-electron chi connectivity index (χ1n) is 6.70. The number of nitrogens with two attached hydrogens (primary N) is 2. The fourth-order valence-corrected chi connectivity index (χ4v) is 3.68. The van der Waals surface area contributed by atoms with Crippen LogP contribution in [0.25, 0.3) is 0 Å². The minimum Gasteiger partial charge on any atom is -0.316 e. The Balaban J connectivity index is 5.58. The summed E-state index contributed by atoms with van der Waals surface area (Å²) in [5, 5.41) is 0. The molecule has 17 heavy (non-hydrogen) atoms. The van der Waals surface area contributed by atoms with E-state index in [2.05, 4.69) is 62.3 Å². The minimum absolute atomic E-state index is 0.124. The molecule has 0 aromatic heterocycles. The molecule has 0 rings (SSSR count). The molecule has 0 aliphatic carbocycles. The van der Waals surface area contributed by atoms with Crippen molar-refractivity contribution in [2.45, 2.75) is 68.5 Å². The van der Waals surface area contributed by atoms with Crippen molar-refractivity contribution in [1.29, 1.82) is 0 Å². The predicted molar refractivity (Wildman–Crippen MR) is 77.5 cm³/mol. The maximum atomic E-state index is 6.09. The van der Waals surface area contributed by atoms with Gasteiger partial charge in [-0.05, 0) is 28.1 Å². The highest BCUT2D eigenvalue weighted by molar-refractivity contribution is 4.95. The third-order valence-electron chi connectivity index (χ3n) is 3.64. The van der Waals surface area contributed by atoms with Crippen molar-refractivity contribution in [3.05, 3.63) is 0 Å². The van der Waals surface area contributed by atoms with Gasteiger partial charge in [0.2, 0.25) is 0 Å². The fourth-order valence-electron chi connectivity index (χ4n) is 3.68. The first kappa shape index (κ1) is 16.9. The van der Waals surface area contributed by atoms with Gasteiger partial charge in [0, 0.05) is 0 Å². The summed E-state index contributed by atoms with van der Waals surface area (Å²) in [5.41, 5.74) is 12.7. The summed E-state index contributed by atoms with van der Waals surface area (Å²) in [4.78, 5) is 0. The van der Waals surface area contributed by atoms with Crippen molar-refractivity contribution in [2.75, 3.05) is 0 Å². The van der Waals surface area contributed by atoms with Crippen LogP contribution in [0.4, 0.5) is 0 Å². The lowest BCUT2D eigenvalue weighted by Gasteiger charge is -2.51. The van der Waals surface area contributed by atoms with Crippen LogP contribution in [0.15, 0.2) is 0 Å². The molecular formula is C15H34N2. The van der Waals surface area contributed by atoms with E-state index in [0.717, 1.165) is 0 Å². The number of hydrogen-bond donors (Lipinski definition) is 2. The predicted octanol–water partition coefficient (Wildman–Crippen LogP) is 3.60. The lowest BCUT2D eigenvalue weighted by Crippen LogP contribution is -2.54. The van der Waals surface area contributed by atoms with E-state index in [1.165, 1.54) is 0 Å². The summed E-state index contributed by atoms with van der Waals surface area (Å²) in [6.07, 6.45) is -0.265. The van der Waals surface area contributed by atoms with Crippen LogP contribution in [-0.4, -0.2) is 6.17 Å². The Labute approximate surface area is 109 Å². The van der Waals surface area contributed by atoms with Crippen LogP contribution in [0.1, 0.15) is 62.3 Å². The molecule has 0 amide bonds. The molecule has 0 spiro atoms. The Kier molecular flexibility index (Phi) is 4.87. The summed E-state index contributed by atoms with van der Waals surface area (Å²) in [7, 11) is 0. The summed E-state index contributed by atoms with van der Waals surface area (Å²) >= 11 is 0. The number of rotatable bonds is 2. The fraction of sp³-hybridized carbons (Fsp3) is 1.00. The highest BCUT2D eigenvalue weighted by Crippen LogP contribution is 2.50. The smallest absolute Gasteiger partial charge is 0.0558 e. The second kappa shape index (κ2) is 4.89. The van der Waals surface area contributed by atoms with Gasteiger partial charge in [-0.25, -0.2) is 0 Å². The maximum Gasteiger partial charge on any atom is 0.0558 e. The normalized spacial score (nSPS) is 16.8. The second-order valence-corrected chi connectivity index (χ2v) is 8.68. The van der Waals surface area contributed by atoms with E-state index >= 15 is 0 Å². The summed E-state index contributed by atoms with van der Waals surface area (Å²) in [6.45, 7) is 20.5. The molecule has 1 unspecified atom stereocenters. The molecule has 0 saturated heterocycles. The molecule has 0 aromatic rings. The Morgan fingerprint density at radius 2 is 0.882 bits per heavy atom. The highest BCUT2D eigenvalue weighted by atomic mass is 14.9. The van der Waals surface area contributed by atoms with Gasteiger partial charge >= 0.3 is 0 Å². The van der Waals surface area contributed by atoms with Crippen LogP contribution in [0.5, 0.6) is 0 Å². The third-order valence-corrected chi connectivity index (χ3v) is 3.64. The van der Waals surface area contributed by atoms with Gasteiger partial charge in [-0.2, -0.15) is 0 Å². The first-order chi connectivity index (χ1) is 7.19. The highest BCUT2D eigenvalue weighted by Gasteiger charge is 2.46. The lowest BCUT2D eigenvalue weighted by atomic mass is 9.55. The Bertz CT molecular complexity index is 221. The molecule has 2 heteroatoms. The maximum absolute atomic E-state index is 6.09. The van der Waals surface area contributed by atoms with Gasteiger partial charge in [0.25, 0.3) is 0 Å². The van der Waals surface area contributed by atoms with Crippen molar-refractivity contribution >= 4 is 0 Å². The molecule has 0 heterocycles. The van der Waals surface area contributed by atoms with Crippen LogP contribution < -0.4 is 11.5 Å². The van der Waals surface area contributed by atoms with Crippen LogP contribution in [0.3, 0.4) is 0 Å². The Morgan fingerprint density at radius 3 is 0.941 bits per heavy atom. The van der Waals surface area contributed by atoms with E-state index < -0.39 is 0 Å². The van der Waals surface area contributed by atoms with Gasteiger partial charge in [0.15, 0.2) is 0 Å². The van der Waals surface area contributed by atoms with E-state index in [4.69, 9.17) is 11.5 Å². The average molecular weight is 242 g/mol. The molecular weight excluding hydrogens is 208 g/mol. The molecule has 1 atom stereocenters. The van der Waals surface area contributed by atoms with E-state index in [-0.39, 0.29) is 22.4 Å². The van der Waals surface area contributed by atoms with Crippen LogP contribution in [0, 0.1) is 28.1 Å². The van der Waals surface area contributed by atoms with Crippen molar-refractivity contribution in [1.82, 2.24) is 0 Å². The molecule has 0 aliphatic rings. The standard InChI is InChI=1S/C15H34N2/c1-13(2,3)10(12(16)17)11(14(4,5)6)15(7,8)9/h10-12H,16-17H2,1-9H3. The van der Waals surface area contributed by atoms with Crippen molar-refractivity contribution in [3.63, 3.8) is 0 Å². The minimum atomic E-state index is -0.265. The molecule has 0 aliphatic heterocycles. The van der Waals surface area contributed by atoms with Crippen LogP contribution in [0.2, 0.25) is 0 Å². The van der Waals surface area contributed by atoms with Gasteiger partial charge in [0.1, 0.15) is 0 Å². The third kappa shape index (κ3) is 4.59.